The molecule has 2 N–H and O–H groups in total. The second-order valence-electron chi connectivity index (χ2n) is 2.95. The number of thioether (sulfide) groups is 1. The quantitative estimate of drug-likeness (QED) is 0.597. The molecule has 0 aliphatic carbocycles. The van der Waals surface area contributed by atoms with Crippen molar-refractivity contribution < 1.29 is 4.74 Å². The standard InChI is InChI=1S/C10H15NOS/c1-7-6-9(13-8(2)11)4-5-10(7)12-3/h4-6,8H,11H2,1-3H3. The van der Waals surface area contributed by atoms with Gasteiger partial charge in [-0.3, -0.25) is 0 Å². The van der Waals surface area contributed by atoms with E-state index in [1.165, 1.54) is 4.90 Å². The lowest BCUT2D eigenvalue weighted by atomic mass is 10.2. The maximum Gasteiger partial charge on any atom is 0.121 e. The first-order chi connectivity index (χ1) is 6.13. The van der Waals surface area contributed by atoms with Crippen LogP contribution in [0.5, 0.6) is 5.75 Å². The molecule has 0 saturated heterocycles. The summed E-state index contributed by atoms with van der Waals surface area (Å²) in [5.41, 5.74) is 6.82. The van der Waals surface area contributed by atoms with Crippen molar-refractivity contribution in [3.63, 3.8) is 0 Å². The number of nitrogens with two attached hydrogens (primary N) is 1. The molecule has 0 spiro atoms. The Hall–Kier alpha value is -0.670. The third-order valence-electron chi connectivity index (χ3n) is 1.69. The van der Waals surface area contributed by atoms with E-state index < -0.39 is 0 Å². The van der Waals surface area contributed by atoms with Gasteiger partial charge >= 0.3 is 0 Å². The Morgan fingerprint density at radius 1 is 1.46 bits per heavy atom. The summed E-state index contributed by atoms with van der Waals surface area (Å²) in [6, 6.07) is 6.09. The Labute approximate surface area is 83.5 Å². The van der Waals surface area contributed by atoms with E-state index in [9.17, 15) is 0 Å². The largest absolute Gasteiger partial charge is 0.496 e. The van der Waals surface area contributed by atoms with E-state index in [1.54, 1.807) is 18.9 Å². The van der Waals surface area contributed by atoms with E-state index in [1.807, 2.05) is 26.0 Å². The monoisotopic (exact) mass is 197 g/mol. The second-order valence-corrected chi connectivity index (χ2v) is 4.41. The minimum absolute atomic E-state index is 0.132. The van der Waals surface area contributed by atoms with Gasteiger partial charge in [0.25, 0.3) is 0 Å². The van der Waals surface area contributed by atoms with Crippen molar-refractivity contribution in [1.29, 1.82) is 0 Å². The van der Waals surface area contributed by atoms with Crippen molar-refractivity contribution in [1.82, 2.24) is 0 Å². The summed E-state index contributed by atoms with van der Waals surface area (Å²) in [7, 11) is 1.68. The molecule has 0 saturated carbocycles. The van der Waals surface area contributed by atoms with Crippen LogP contribution in [0.1, 0.15) is 12.5 Å². The summed E-state index contributed by atoms with van der Waals surface area (Å²) < 4.78 is 5.16. The van der Waals surface area contributed by atoms with Crippen LogP contribution in [0.25, 0.3) is 0 Å². The normalized spacial score (nSPS) is 12.6. The summed E-state index contributed by atoms with van der Waals surface area (Å²) in [5.74, 6) is 0.925. The van der Waals surface area contributed by atoms with Crippen LogP contribution < -0.4 is 10.5 Å². The van der Waals surface area contributed by atoms with Crippen molar-refractivity contribution >= 4 is 11.8 Å². The average molecular weight is 197 g/mol. The summed E-state index contributed by atoms with van der Waals surface area (Å²) in [6.45, 7) is 4.01. The van der Waals surface area contributed by atoms with Crippen molar-refractivity contribution in [2.45, 2.75) is 24.1 Å². The van der Waals surface area contributed by atoms with Gasteiger partial charge in [0.05, 0.1) is 12.5 Å². The highest BCUT2D eigenvalue weighted by Gasteiger charge is 2.02. The molecule has 0 fully saturated rings. The highest BCUT2D eigenvalue weighted by molar-refractivity contribution is 7.99. The minimum Gasteiger partial charge on any atom is -0.496 e. The van der Waals surface area contributed by atoms with E-state index in [0.717, 1.165) is 11.3 Å². The minimum atomic E-state index is 0.132. The molecule has 1 atom stereocenters. The molecule has 3 heteroatoms. The van der Waals surface area contributed by atoms with Crippen LogP contribution in [0.15, 0.2) is 23.1 Å². The summed E-state index contributed by atoms with van der Waals surface area (Å²) in [4.78, 5) is 1.19. The molecule has 0 heterocycles. The van der Waals surface area contributed by atoms with Crippen LogP contribution in [0, 0.1) is 6.92 Å². The fraction of sp³-hybridized carbons (Fsp3) is 0.400. The Kier molecular flexibility index (Phi) is 3.63. The van der Waals surface area contributed by atoms with Crippen LogP contribution in [-0.2, 0) is 0 Å². The second kappa shape index (κ2) is 4.53. The van der Waals surface area contributed by atoms with Crippen LogP contribution in [0.4, 0.5) is 0 Å². The predicted molar refractivity (Wildman–Crippen MR) is 57.2 cm³/mol. The molecule has 0 aliphatic heterocycles. The predicted octanol–water partition coefficient (Wildman–Crippen LogP) is 2.40. The Morgan fingerprint density at radius 3 is 2.62 bits per heavy atom. The fourth-order valence-electron chi connectivity index (χ4n) is 1.14. The van der Waals surface area contributed by atoms with E-state index >= 15 is 0 Å². The molecular weight excluding hydrogens is 182 g/mol. The van der Waals surface area contributed by atoms with Gasteiger partial charge in [0.15, 0.2) is 0 Å². The molecule has 0 radical (unpaired) electrons. The Bertz CT molecular complexity index is 286. The molecule has 0 bridgehead atoms. The van der Waals surface area contributed by atoms with Crippen molar-refractivity contribution in [3.05, 3.63) is 23.8 Å². The summed E-state index contributed by atoms with van der Waals surface area (Å²) >= 11 is 1.65. The molecule has 1 rings (SSSR count). The number of hydrogen-bond donors (Lipinski definition) is 1. The van der Waals surface area contributed by atoms with Gasteiger partial charge in [-0.25, -0.2) is 0 Å². The smallest absolute Gasteiger partial charge is 0.121 e. The third-order valence-corrected chi connectivity index (χ3v) is 2.59. The van der Waals surface area contributed by atoms with Crippen molar-refractivity contribution in [2.75, 3.05) is 7.11 Å². The first-order valence-electron chi connectivity index (χ1n) is 4.20. The van der Waals surface area contributed by atoms with Crippen LogP contribution in [-0.4, -0.2) is 12.5 Å². The molecule has 2 nitrogen and oxygen atoms in total. The van der Waals surface area contributed by atoms with Crippen molar-refractivity contribution in [3.8, 4) is 5.75 Å². The Balaban J connectivity index is 2.83. The third kappa shape index (κ3) is 2.94. The van der Waals surface area contributed by atoms with Crippen LogP contribution in [0.2, 0.25) is 0 Å². The number of methoxy groups -OCH3 is 1. The fourth-order valence-corrected chi connectivity index (χ4v) is 1.96. The van der Waals surface area contributed by atoms with Crippen LogP contribution in [0.3, 0.4) is 0 Å². The zero-order valence-electron chi connectivity index (χ0n) is 8.20. The lowest BCUT2D eigenvalue weighted by Gasteiger charge is -2.08. The molecule has 0 amide bonds. The van der Waals surface area contributed by atoms with E-state index in [4.69, 9.17) is 10.5 Å². The van der Waals surface area contributed by atoms with Gasteiger partial charge in [0.1, 0.15) is 5.75 Å². The van der Waals surface area contributed by atoms with Crippen molar-refractivity contribution in [2.24, 2.45) is 5.73 Å². The first-order valence-corrected chi connectivity index (χ1v) is 5.08. The lowest BCUT2D eigenvalue weighted by molar-refractivity contribution is 0.411. The van der Waals surface area contributed by atoms with E-state index in [0.29, 0.717) is 0 Å². The molecule has 1 aromatic rings. The zero-order chi connectivity index (χ0) is 9.84. The summed E-state index contributed by atoms with van der Waals surface area (Å²) in [6.07, 6.45) is 0. The number of hydrogen-bond acceptors (Lipinski definition) is 3. The maximum atomic E-state index is 5.68. The number of aryl methyl sites for hydroxylation is 1. The Morgan fingerprint density at radius 2 is 2.15 bits per heavy atom. The topological polar surface area (TPSA) is 35.2 Å². The van der Waals surface area contributed by atoms with Gasteiger partial charge in [-0.15, -0.1) is 11.8 Å². The average Bonchev–Trinajstić information content (AvgIpc) is 2.03. The van der Waals surface area contributed by atoms with Gasteiger partial charge in [-0.2, -0.15) is 0 Å². The molecule has 72 valence electrons. The summed E-state index contributed by atoms with van der Waals surface area (Å²) in [5, 5.41) is 0.132. The molecule has 1 unspecified atom stereocenters. The lowest BCUT2D eigenvalue weighted by Crippen LogP contribution is -2.08. The zero-order valence-corrected chi connectivity index (χ0v) is 9.02. The SMILES string of the molecule is COc1ccc(SC(C)N)cc1C. The van der Waals surface area contributed by atoms with Gasteiger partial charge in [-0.1, -0.05) is 0 Å². The van der Waals surface area contributed by atoms with E-state index in [2.05, 4.69) is 6.07 Å². The first kappa shape index (κ1) is 10.4. The molecule has 1 aromatic carbocycles. The molecular formula is C10H15NOS. The molecule has 13 heavy (non-hydrogen) atoms. The molecule has 0 aromatic heterocycles. The number of ether oxygens (including phenoxy) is 1. The van der Waals surface area contributed by atoms with Crippen LogP contribution >= 0.6 is 11.8 Å². The van der Waals surface area contributed by atoms with Gasteiger partial charge < -0.3 is 10.5 Å². The van der Waals surface area contributed by atoms with Gasteiger partial charge in [0.2, 0.25) is 0 Å². The number of rotatable bonds is 3. The maximum absolute atomic E-state index is 5.68. The van der Waals surface area contributed by atoms with Gasteiger partial charge in [-0.05, 0) is 37.6 Å². The van der Waals surface area contributed by atoms with E-state index in [-0.39, 0.29) is 5.37 Å². The van der Waals surface area contributed by atoms with Gasteiger partial charge in [0, 0.05) is 4.90 Å². The number of benzene rings is 1. The highest BCUT2D eigenvalue weighted by Crippen LogP contribution is 2.26. The molecule has 0 aliphatic rings. The highest BCUT2D eigenvalue weighted by atomic mass is 32.2.